The second-order valence-corrected chi connectivity index (χ2v) is 8.43. The Balaban J connectivity index is 1.35. The van der Waals surface area contributed by atoms with E-state index in [1.54, 1.807) is 29.3 Å². The maximum Gasteiger partial charge on any atom is 0.233 e. The van der Waals surface area contributed by atoms with Crippen molar-refractivity contribution in [1.82, 2.24) is 9.97 Å². The predicted molar refractivity (Wildman–Crippen MR) is 104 cm³/mol. The molecule has 4 rings (SSSR count). The highest BCUT2D eigenvalue weighted by atomic mass is 32.2. The van der Waals surface area contributed by atoms with Crippen LogP contribution in [0.15, 0.2) is 45.3 Å². The average molecular weight is 386 g/mol. The highest BCUT2D eigenvalue weighted by Gasteiger charge is 2.24. The summed E-state index contributed by atoms with van der Waals surface area (Å²) in [4.78, 5) is 23.2. The number of aromatic nitrogens is 2. The minimum atomic E-state index is 0.112. The third-order valence-corrected chi connectivity index (χ3v) is 6.49. The number of thioether (sulfide) groups is 1. The molecule has 3 aromatic rings. The van der Waals surface area contributed by atoms with Crippen LogP contribution in [-0.2, 0) is 29.8 Å². The molecule has 0 unspecified atom stereocenters. The quantitative estimate of drug-likeness (QED) is 0.598. The van der Waals surface area contributed by atoms with Crippen molar-refractivity contribution in [3.63, 3.8) is 0 Å². The lowest BCUT2D eigenvalue weighted by Gasteiger charge is -2.16. The van der Waals surface area contributed by atoms with E-state index in [1.807, 2.05) is 36.2 Å². The van der Waals surface area contributed by atoms with E-state index in [4.69, 9.17) is 4.42 Å². The maximum atomic E-state index is 12.7. The Morgan fingerprint density at radius 3 is 3.04 bits per heavy atom. The molecule has 0 aliphatic carbocycles. The zero-order valence-corrected chi connectivity index (χ0v) is 16.1. The third-order valence-electron chi connectivity index (χ3n) is 4.31. The van der Waals surface area contributed by atoms with E-state index in [9.17, 15) is 4.79 Å². The normalized spacial score (nSPS) is 13.2. The summed E-state index contributed by atoms with van der Waals surface area (Å²) in [5, 5.41) is 0.850. The lowest BCUT2D eigenvalue weighted by atomic mass is 10.2. The van der Waals surface area contributed by atoms with Crippen molar-refractivity contribution in [1.29, 1.82) is 0 Å². The van der Waals surface area contributed by atoms with E-state index in [1.165, 1.54) is 5.56 Å². The SMILES string of the molecule is CCc1cnc(CSc2cnc(CC(=O)N3CCc4ccccc43)s2)o1. The van der Waals surface area contributed by atoms with Crippen LogP contribution in [0.25, 0.3) is 0 Å². The Hall–Kier alpha value is -2.12. The number of oxazole rings is 1. The van der Waals surface area contributed by atoms with Gasteiger partial charge in [0.15, 0.2) is 0 Å². The van der Waals surface area contributed by atoms with Crippen LogP contribution in [0, 0.1) is 0 Å². The van der Waals surface area contributed by atoms with Crippen molar-refractivity contribution in [3.05, 3.63) is 58.9 Å². The van der Waals surface area contributed by atoms with Gasteiger partial charge in [0.25, 0.3) is 0 Å². The number of thiazole rings is 1. The number of hydrogen-bond acceptors (Lipinski definition) is 6. The maximum absolute atomic E-state index is 12.7. The van der Waals surface area contributed by atoms with E-state index in [2.05, 4.69) is 16.0 Å². The fraction of sp³-hybridized carbons (Fsp3) is 0.316. The highest BCUT2D eigenvalue weighted by Crippen LogP contribution is 2.31. The molecule has 26 heavy (non-hydrogen) atoms. The number of carbonyl (C=O) groups is 1. The monoisotopic (exact) mass is 385 g/mol. The molecule has 0 saturated carbocycles. The Bertz CT molecular complexity index is 919. The van der Waals surface area contributed by atoms with Crippen LogP contribution in [0.1, 0.15) is 29.1 Å². The predicted octanol–water partition coefficient (Wildman–Crippen LogP) is 4.12. The zero-order chi connectivity index (χ0) is 17.9. The molecule has 134 valence electrons. The van der Waals surface area contributed by atoms with Crippen LogP contribution in [0.5, 0.6) is 0 Å². The first-order chi connectivity index (χ1) is 12.7. The molecular formula is C19H19N3O2S2. The van der Waals surface area contributed by atoms with Crippen molar-refractivity contribution < 1.29 is 9.21 Å². The summed E-state index contributed by atoms with van der Waals surface area (Å²) in [5.41, 5.74) is 2.29. The van der Waals surface area contributed by atoms with Gasteiger partial charge in [-0.15, -0.1) is 23.1 Å². The molecule has 2 aromatic heterocycles. The Morgan fingerprint density at radius 1 is 1.31 bits per heavy atom. The first kappa shape index (κ1) is 17.3. The number of para-hydroxylation sites is 1. The van der Waals surface area contributed by atoms with Crippen LogP contribution in [0.3, 0.4) is 0 Å². The lowest BCUT2D eigenvalue weighted by molar-refractivity contribution is -0.117. The molecule has 0 spiro atoms. The number of nitrogens with zero attached hydrogens (tertiary/aromatic N) is 3. The van der Waals surface area contributed by atoms with Gasteiger partial charge < -0.3 is 9.32 Å². The average Bonchev–Trinajstić information content (AvgIpc) is 3.39. The molecule has 0 saturated heterocycles. The lowest BCUT2D eigenvalue weighted by Crippen LogP contribution is -2.30. The van der Waals surface area contributed by atoms with Gasteiger partial charge in [-0.05, 0) is 18.1 Å². The number of amides is 1. The molecular weight excluding hydrogens is 366 g/mol. The fourth-order valence-electron chi connectivity index (χ4n) is 2.98. The minimum absolute atomic E-state index is 0.112. The fourth-order valence-corrected chi connectivity index (χ4v) is 4.84. The second kappa shape index (κ2) is 7.63. The van der Waals surface area contributed by atoms with E-state index >= 15 is 0 Å². The van der Waals surface area contributed by atoms with Crippen LogP contribution < -0.4 is 4.90 Å². The highest BCUT2D eigenvalue weighted by molar-refractivity contribution is 8.00. The Labute approximate surface area is 160 Å². The Kier molecular flexibility index (Phi) is 5.08. The molecule has 7 heteroatoms. The van der Waals surface area contributed by atoms with Gasteiger partial charge in [-0.1, -0.05) is 25.1 Å². The molecule has 1 aliphatic heterocycles. The number of anilines is 1. The van der Waals surface area contributed by atoms with Crippen LogP contribution >= 0.6 is 23.1 Å². The topological polar surface area (TPSA) is 59.2 Å². The van der Waals surface area contributed by atoms with Gasteiger partial charge in [0.2, 0.25) is 11.8 Å². The third kappa shape index (κ3) is 3.68. The second-order valence-electron chi connectivity index (χ2n) is 6.04. The number of carbonyl (C=O) groups excluding carboxylic acids is 1. The van der Waals surface area contributed by atoms with Gasteiger partial charge in [0.05, 0.1) is 28.8 Å². The summed E-state index contributed by atoms with van der Waals surface area (Å²) in [7, 11) is 0. The number of hydrogen-bond donors (Lipinski definition) is 0. The minimum Gasteiger partial charge on any atom is -0.445 e. The number of benzene rings is 1. The van der Waals surface area contributed by atoms with Gasteiger partial charge in [-0.2, -0.15) is 0 Å². The smallest absolute Gasteiger partial charge is 0.233 e. The van der Waals surface area contributed by atoms with Crippen molar-refractivity contribution >= 4 is 34.7 Å². The van der Waals surface area contributed by atoms with Crippen molar-refractivity contribution in [3.8, 4) is 0 Å². The van der Waals surface area contributed by atoms with E-state index in [0.29, 0.717) is 12.2 Å². The summed E-state index contributed by atoms with van der Waals surface area (Å²) in [6.07, 6.45) is 5.74. The first-order valence-corrected chi connectivity index (χ1v) is 10.4. The van der Waals surface area contributed by atoms with Crippen LogP contribution in [0.4, 0.5) is 5.69 Å². The molecule has 0 fully saturated rings. The summed E-state index contributed by atoms with van der Waals surface area (Å²) < 4.78 is 6.69. The van der Waals surface area contributed by atoms with Crippen molar-refractivity contribution in [2.45, 2.75) is 36.1 Å². The molecule has 0 atom stereocenters. The Morgan fingerprint density at radius 2 is 2.19 bits per heavy atom. The molecule has 1 amide bonds. The van der Waals surface area contributed by atoms with E-state index in [-0.39, 0.29) is 5.91 Å². The molecule has 3 heterocycles. The molecule has 0 bridgehead atoms. The molecule has 1 aromatic carbocycles. The van der Waals surface area contributed by atoms with Gasteiger partial charge >= 0.3 is 0 Å². The molecule has 0 radical (unpaired) electrons. The standard InChI is InChI=1S/C19H19N3O2S2/c1-2-14-10-20-16(24-14)12-25-19-11-21-17(26-19)9-18(23)22-8-7-13-5-3-4-6-15(13)22/h3-6,10-11H,2,7-9,12H2,1H3. The van der Waals surface area contributed by atoms with Gasteiger partial charge in [-0.3, -0.25) is 4.79 Å². The summed E-state index contributed by atoms with van der Waals surface area (Å²) in [6, 6.07) is 8.11. The van der Waals surface area contributed by atoms with Crippen molar-refractivity contribution in [2.75, 3.05) is 11.4 Å². The van der Waals surface area contributed by atoms with Crippen LogP contribution in [-0.4, -0.2) is 22.4 Å². The van der Waals surface area contributed by atoms with Gasteiger partial charge in [0.1, 0.15) is 10.8 Å². The van der Waals surface area contributed by atoms with Gasteiger partial charge in [-0.25, -0.2) is 9.97 Å². The van der Waals surface area contributed by atoms with E-state index in [0.717, 1.165) is 45.9 Å². The number of aryl methyl sites for hydroxylation is 1. The zero-order valence-electron chi connectivity index (χ0n) is 14.5. The van der Waals surface area contributed by atoms with Crippen molar-refractivity contribution in [2.24, 2.45) is 0 Å². The molecule has 0 N–H and O–H groups in total. The van der Waals surface area contributed by atoms with Gasteiger partial charge in [0, 0.05) is 18.7 Å². The molecule has 1 aliphatic rings. The number of fused-ring (bicyclic) bond motifs is 1. The largest absolute Gasteiger partial charge is 0.445 e. The van der Waals surface area contributed by atoms with E-state index < -0.39 is 0 Å². The summed E-state index contributed by atoms with van der Waals surface area (Å²) in [6.45, 7) is 2.80. The summed E-state index contributed by atoms with van der Waals surface area (Å²) >= 11 is 3.21. The van der Waals surface area contributed by atoms with Crippen LogP contribution in [0.2, 0.25) is 0 Å². The summed E-state index contributed by atoms with van der Waals surface area (Å²) in [5.74, 6) is 2.42. The first-order valence-electron chi connectivity index (χ1n) is 8.62. The molecule has 5 nitrogen and oxygen atoms in total. The number of rotatable bonds is 6.